The van der Waals surface area contributed by atoms with Crippen molar-refractivity contribution in [3.63, 3.8) is 0 Å². The van der Waals surface area contributed by atoms with Gasteiger partial charge in [-0.05, 0) is 6.92 Å². The van der Waals surface area contributed by atoms with Crippen LogP contribution in [0, 0.1) is 10.1 Å². The van der Waals surface area contributed by atoms with Gasteiger partial charge in [-0.2, -0.15) is 10.1 Å². The molecule has 3 rings (SSSR count). The zero-order chi connectivity index (χ0) is 15.0. The first-order valence-corrected chi connectivity index (χ1v) is 7.00. The highest BCUT2D eigenvalue weighted by Crippen LogP contribution is 2.31. The predicted molar refractivity (Wildman–Crippen MR) is 79.4 cm³/mol. The molecule has 0 saturated heterocycles. The summed E-state index contributed by atoms with van der Waals surface area (Å²) in [6.07, 6.45) is 0.297. The van der Waals surface area contributed by atoms with Gasteiger partial charge in [-0.1, -0.05) is 12.1 Å². The molecule has 1 aromatic heterocycles. The topological polar surface area (TPSA) is 88.7 Å². The molecule has 1 amide bonds. The summed E-state index contributed by atoms with van der Waals surface area (Å²) in [7, 11) is 0. The van der Waals surface area contributed by atoms with E-state index in [1.54, 1.807) is 24.4 Å². The Labute approximate surface area is 123 Å². The summed E-state index contributed by atoms with van der Waals surface area (Å²) in [5.41, 5.74) is 1.98. The van der Waals surface area contributed by atoms with Crippen molar-refractivity contribution in [1.82, 2.24) is 4.98 Å². The lowest BCUT2D eigenvalue weighted by atomic mass is 10.1. The van der Waals surface area contributed by atoms with Gasteiger partial charge in [0.15, 0.2) is 0 Å². The van der Waals surface area contributed by atoms with Crippen LogP contribution >= 0.6 is 11.3 Å². The van der Waals surface area contributed by atoms with E-state index in [9.17, 15) is 14.9 Å². The number of hydrogen-bond acceptors (Lipinski definition) is 6. The van der Waals surface area contributed by atoms with E-state index in [0.29, 0.717) is 22.8 Å². The first-order chi connectivity index (χ1) is 10.0. The van der Waals surface area contributed by atoms with E-state index in [1.807, 2.05) is 0 Å². The maximum atomic E-state index is 11.8. The second-order valence-corrected chi connectivity index (χ2v) is 5.38. The van der Waals surface area contributed by atoms with Gasteiger partial charge in [0, 0.05) is 28.8 Å². The number of anilines is 1. The Balaban J connectivity index is 1.94. The number of nitro benzene ring substituents is 1. The largest absolute Gasteiger partial charge is 0.272 e. The summed E-state index contributed by atoms with van der Waals surface area (Å²) in [6, 6.07) is 6.23. The number of hydrazone groups is 1. The molecule has 1 aromatic carbocycles. The van der Waals surface area contributed by atoms with Crippen LogP contribution in [0.25, 0.3) is 11.3 Å². The molecule has 0 fully saturated rings. The molecule has 21 heavy (non-hydrogen) atoms. The molecule has 0 spiro atoms. The number of thiazole rings is 1. The zero-order valence-corrected chi connectivity index (χ0v) is 11.8. The predicted octanol–water partition coefficient (Wildman–Crippen LogP) is 2.83. The highest BCUT2D eigenvalue weighted by Gasteiger charge is 2.25. The van der Waals surface area contributed by atoms with Crippen LogP contribution in [0.5, 0.6) is 0 Å². The number of amides is 1. The van der Waals surface area contributed by atoms with Crippen molar-refractivity contribution < 1.29 is 9.72 Å². The van der Waals surface area contributed by atoms with Crippen LogP contribution in [-0.4, -0.2) is 21.5 Å². The molecule has 0 unspecified atom stereocenters. The van der Waals surface area contributed by atoms with E-state index in [0.717, 1.165) is 5.71 Å². The van der Waals surface area contributed by atoms with Crippen LogP contribution in [0.3, 0.4) is 0 Å². The molecule has 0 aliphatic carbocycles. The Bertz CT molecular complexity index is 768. The number of aromatic nitrogens is 1. The second kappa shape index (κ2) is 5.06. The minimum Gasteiger partial charge on any atom is -0.272 e. The van der Waals surface area contributed by atoms with Crippen LogP contribution in [-0.2, 0) is 4.79 Å². The molecule has 2 heterocycles. The van der Waals surface area contributed by atoms with E-state index in [1.165, 1.54) is 28.5 Å². The average Bonchev–Trinajstić information content (AvgIpc) is 3.05. The van der Waals surface area contributed by atoms with Crippen molar-refractivity contribution in [3.05, 3.63) is 39.8 Å². The molecular weight excluding hydrogens is 292 g/mol. The number of carbonyl (C=O) groups is 1. The third-order valence-corrected chi connectivity index (χ3v) is 3.76. The fraction of sp³-hybridized carbons (Fsp3) is 0.154. The maximum absolute atomic E-state index is 11.8. The number of nitro groups is 1. The molecule has 1 aliphatic rings. The maximum Gasteiger partial charge on any atom is 0.270 e. The first kappa shape index (κ1) is 13.4. The van der Waals surface area contributed by atoms with E-state index < -0.39 is 4.92 Å². The minimum absolute atomic E-state index is 0.00756. The summed E-state index contributed by atoms with van der Waals surface area (Å²) in [6.45, 7) is 1.78. The van der Waals surface area contributed by atoms with Gasteiger partial charge in [-0.3, -0.25) is 14.9 Å². The third-order valence-electron chi connectivity index (χ3n) is 2.94. The Kier molecular flexibility index (Phi) is 3.22. The monoisotopic (exact) mass is 302 g/mol. The zero-order valence-electron chi connectivity index (χ0n) is 11.0. The van der Waals surface area contributed by atoms with Crippen molar-refractivity contribution >= 4 is 33.8 Å². The highest BCUT2D eigenvalue weighted by molar-refractivity contribution is 7.14. The van der Waals surface area contributed by atoms with Crippen LogP contribution in [0.15, 0.2) is 34.7 Å². The summed E-state index contributed by atoms with van der Waals surface area (Å²) in [4.78, 5) is 26.4. The normalized spacial score (nSPS) is 14.4. The Hall–Kier alpha value is -2.61. The number of benzene rings is 1. The Morgan fingerprint density at radius 1 is 1.43 bits per heavy atom. The van der Waals surface area contributed by atoms with Crippen LogP contribution in [0.1, 0.15) is 13.3 Å². The number of non-ortho nitro benzene ring substituents is 1. The second-order valence-electron chi connectivity index (χ2n) is 4.54. The van der Waals surface area contributed by atoms with Gasteiger partial charge in [0.05, 0.1) is 17.0 Å². The Morgan fingerprint density at radius 2 is 2.24 bits per heavy atom. The number of carbonyl (C=O) groups excluding carboxylic acids is 1. The molecule has 0 bridgehead atoms. The smallest absolute Gasteiger partial charge is 0.270 e. The summed E-state index contributed by atoms with van der Waals surface area (Å²) >= 11 is 1.28. The van der Waals surface area contributed by atoms with E-state index in [4.69, 9.17) is 0 Å². The number of nitrogens with zero attached hydrogens (tertiary/aromatic N) is 4. The molecule has 0 atom stereocenters. The number of rotatable bonds is 3. The standard InChI is InChI=1S/C13H10N4O3S/c1-8-5-12(18)16(15-8)13-14-11(7-21-13)9-3-2-4-10(6-9)17(19)20/h2-4,6-7H,5H2,1H3. The molecule has 0 radical (unpaired) electrons. The van der Waals surface area contributed by atoms with Gasteiger partial charge in [-0.15, -0.1) is 11.3 Å². The van der Waals surface area contributed by atoms with Gasteiger partial charge in [0.2, 0.25) is 5.13 Å². The molecule has 0 N–H and O–H groups in total. The van der Waals surface area contributed by atoms with Gasteiger partial charge in [0.25, 0.3) is 11.6 Å². The summed E-state index contributed by atoms with van der Waals surface area (Å²) in [5.74, 6) is -0.118. The molecule has 8 heteroatoms. The molecule has 7 nitrogen and oxygen atoms in total. The lowest BCUT2D eigenvalue weighted by Gasteiger charge is -2.05. The van der Waals surface area contributed by atoms with Crippen molar-refractivity contribution in [2.45, 2.75) is 13.3 Å². The lowest BCUT2D eigenvalue weighted by Crippen LogP contribution is -2.19. The van der Waals surface area contributed by atoms with E-state index in [2.05, 4.69) is 10.1 Å². The minimum atomic E-state index is -0.450. The van der Waals surface area contributed by atoms with Crippen LogP contribution in [0.4, 0.5) is 10.8 Å². The summed E-state index contributed by atoms with van der Waals surface area (Å²) < 4.78 is 0. The summed E-state index contributed by atoms with van der Waals surface area (Å²) in [5, 5.41) is 18.4. The quantitative estimate of drug-likeness (QED) is 0.644. The fourth-order valence-corrected chi connectivity index (χ4v) is 2.78. The van der Waals surface area contributed by atoms with Crippen molar-refractivity contribution in [1.29, 1.82) is 0 Å². The lowest BCUT2D eigenvalue weighted by molar-refractivity contribution is -0.384. The van der Waals surface area contributed by atoms with Gasteiger partial charge >= 0.3 is 0 Å². The Morgan fingerprint density at radius 3 is 2.90 bits per heavy atom. The van der Waals surface area contributed by atoms with Crippen molar-refractivity contribution in [3.8, 4) is 11.3 Å². The van der Waals surface area contributed by atoms with Crippen molar-refractivity contribution in [2.75, 3.05) is 5.01 Å². The SMILES string of the molecule is CC1=NN(c2nc(-c3cccc([N+](=O)[O-])c3)cs2)C(=O)C1. The highest BCUT2D eigenvalue weighted by atomic mass is 32.1. The van der Waals surface area contributed by atoms with E-state index in [-0.39, 0.29) is 11.6 Å². The van der Waals surface area contributed by atoms with Gasteiger partial charge in [-0.25, -0.2) is 4.98 Å². The van der Waals surface area contributed by atoms with Gasteiger partial charge in [0.1, 0.15) is 0 Å². The average molecular weight is 302 g/mol. The molecule has 106 valence electrons. The van der Waals surface area contributed by atoms with Crippen molar-refractivity contribution in [2.24, 2.45) is 5.10 Å². The van der Waals surface area contributed by atoms with E-state index >= 15 is 0 Å². The molecular formula is C13H10N4O3S. The molecule has 0 saturated carbocycles. The molecule has 1 aliphatic heterocycles. The molecule has 2 aromatic rings. The van der Waals surface area contributed by atoms with Gasteiger partial charge < -0.3 is 0 Å². The van der Waals surface area contributed by atoms with Crippen LogP contribution in [0.2, 0.25) is 0 Å². The number of hydrogen-bond donors (Lipinski definition) is 0. The third kappa shape index (κ3) is 2.52. The fourth-order valence-electron chi connectivity index (χ4n) is 1.98. The van der Waals surface area contributed by atoms with Crippen LogP contribution < -0.4 is 5.01 Å². The first-order valence-electron chi connectivity index (χ1n) is 6.12.